The van der Waals surface area contributed by atoms with Gasteiger partial charge < -0.3 is 18.9 Å². The second-order valence-corrected chi connectivity index (χ2v) is 6.91. The molecule has 2 saturated heterocycles. The molecule has 6 atom stereocenters. The molecular formula is C15H22ClNO6. The van der Waals surface area contributed by atoms with Crippen LogP contribution < -0.4 is 5.32 Å². The highest BCUT2D eigenvalue weighted by Crippen LogP contribution is 2.58. The topological polar surface area (TPSA) is 89.7 Å². The van der Waals surface area contributed by atoms with Crippen LogP contribution in [0.4, 0.5) is 4.79 Å². The Hall–Kier alpha value is -0.890. The maximum Gasteiger partial charge on any atom is 0.414 e. The van der Waals surface area contributed by atoms with E-state index in [1.807, 2.05) is 13.8 Å². The fourth-order valence-electron chi connectivity index (χ4n) is 3.89. The van der Waals surface area contributed by atoms with E-state index in [9.17, 15) is 9.59 Å². The van der Waals surface area contributed by atoms with Gasteiger partial charge in [-0.25, -0.2) is 4.79 Å². The lowest BCUT2D eigenvalue weighted by atomic mass is 9.68. The van der Waals surface area contributed by atoms with Crippen LogP contribution in [-0.2, 0) is 23.7 Å². The number of nitrogens with one attached hydrogen (secondary N) is 1. The van der Waals surface area contributed by atoms with E-state index in [1.165, 1.54) is 0 Å². The summed E-state index contributed by atoms with van der Waals surface area (Å²) in [4.78, 5) is 23.0. The van der Waals surface area contributed by atoms with Crippen molar-refractivity contribution < 1.29 is 28.5 Å². The van der Waals surface area contributed by atoms with Gasteiger partial charge in [0.1, 0.15) is 23.7 Å². The van der Waals surface area contributed by atoms with Crippen molar-refractivity contribution in [2.24, 2.45) is 5.92 Å². The quantitative estimate of drug-likeness (QED) is 0.607. The van der Waals surface area contributed by atoms with Crippen LogP contribution in [0.25, 0.3) is 0 Å². The van der Waals surface area contributed by atoms with E-state index in [1.54, 1.807) is 7.11 Å². The third-order valence-electron chi connectivity index (χ3n) is 5.32. The molecule has 0 unspecified atom stereocenters. The summed E-state index contributed by atoms with van der Waals surface area (Å²) in [6, 6.07) is 0. The van der Waals surface area contributed by atoms with Crippen LogP contribution in [0.3, 0.4) is 0 Å². The van der Waals surface area contributed by atoms with Gasteiger partial charge >= 0.3 is 6.09 Å². The van der Waals surface area contributed by atoms with Crippen molar-refractivity contribution in [2.45, 2.75) is 56.2 Å². The molecule has 8 heteroatoms. The fourth-order valence-corrected chi connectivity index (χ4v) is 3.95. The number of halogens is 1. The molecule has 0 aromatic rings. The number of carbonyl (C=O) groups excluding carboxylic acids is 2. The minimum Gasteiger partial charge on any atom is -0.443 e. The number of hydrogen-bond donors (Lipinski definition) is 1. The Morgan fingerprint density at radius 1 is 1.43 bits per heavy atom. The van der Waals surface area contributed by atoms with Crippen LogP contribution in [0.1, 0.15) is 26.7 Å². The lowest BCUT2D eigenvalue weighted by Gasteiger charge is -2.42. The van der Waals surface area contributed by atoms with Gasteiger partial charge in [-0.1, -0.05) is 0 Å². The molecular weight excluding hydrogens is 326 g/mol. The molecule has 0 bridgehead atoms. The van der Waals surface area contributed by atoms with Gasteiger partial charge in [-0.3, -0.25) is 10.1 Å². The second-order valence-electron chi connectivity index (χ2n) is 6.64. The van der Waals surface area contributed by atoms with Gasteiger partial charge in [-0.15, -0.1) is 11.6 Å². The van der Waals surface area contributed by atoms with Gasteiger partial charge in [-0.2, -0.15) is 0 Å². The third kappa shape index (κ3) is 2.95. The number of methoxy groups -OCH3 is 1. The van der Waals surface area contributed by atoms with Gasteiger partial charge in [0.2, 0.25) is 5.91 Å². The molecule has 3 fully saturated rings. The highest BCUT2D eigenvalue weighted by atomic mass is 35.5. The van der Waals surface area contributed by atoms with Crippen molar-refractivity contribution in [1.29, 1.82) is 0 Å². The minimum absolute atomic E-state index is 0.0229. The molecule has 1 aliphatic carbocycles. The molecule has 2 amide bonds. The van der Waals surface area contributed by atoms with Crippen molar-refractivity contribution in [3.63, 3.8) is 0 Å². The summed E-state index contributed by atoms with van der Waals surface area (Å²) in [5.74, 6) is -0.910. The van der Waals surface area contributed by atoms with Crippen LogP contribution in [0.2, 0.25) is 0 Å². The minimum atomic E-state index is -0.802. The molecule has 0 radical (unpaired) electrons. The summed E-state index contributed by atoms with van der Waals surface area (Å²) >= 11 is 5.37. The van der Waals surface area contributed by atoms with Crippen molar-refractivity contribution in [1.82, 2.24) is 5.32 Å². The first kappa shape index (κ1) is 17.0. The summed E-state index contributed by atoms with van der Waals surface area (Å²) < 4.78 is 22.6. The summed E-state index contributed by atoms with van der Waals surface area (Å²) in [6.45, 7) is 4.73. The molecule has 1 saturated carbocycles. The van der Waals surface area contributed by atoms with Gasteiger partial charge in [0, 0.05) is 7.11 Å². The monoisotopic (exact) mass is 347 g/mol. The lowest BCUT2D eigenvalue weighted by Crippen LogP contribution is -2.56. The smallest absolute Gasteiger partial charge is 0.414 e. The van der Waals surface area contributed by atoms with E-state index >= 15 is 0 Å². The van der Waals surface area contributed by atoms with E-state index in [0.29, 0.717) is 13.0 Å². The molecule has 7 nitrogen and oxygen atoms in total. The van der Waals surface area contributed by atoms with E-state index in [0.717, 1.165) is 6.42 Å². The van der Waals surface area contributed by atoms with Crippen molar-refractivity contribution >= 4 is 23.6 Å². The van der Waals surface area contributed by atoms with Crippen molar-refractivity contribution in [2.75, 3.05) is 19.6 Å². The lowest BCUT2D eigenvalue weighted by molar-refractivity contribution is -0.124. The van der Waals surface area contributed by atoms with E-state index in [2.05, 4.69) is 5.32 Å². The summed E-state index contributed by atoms with van der Waals surface area (Å²) in [5.41, 5.74) is -0.593. The molecule has 3 rings (SSSR count). The first-order valence-electron chi connectivity index (χ1n) is 7.77. The number of carbonyl (C=O) groups is 2. The van der Waals surface area contributed by atoms with Crippen LogP contribution in [0.15, 0.2) is 0 Å². The van der Waals surface area contributed by atoms with E-state index < -0.39 is 18.1 Å². The highest BCUT2D eigenvalue weighted by Gasteiger charge is 2.71. The normalized spacial score (nSPS) is 44.7. The largest absolute Gasteiger partial charge is 0.443 e. The average molecular weight is 348 g/mol. The zero-order chi connectivity index (χ0) is 16.8. The number of rotatable bonds is 4. The molecule has 2 aliphatic heterocycles. The number of imide groups is 1. The molecule has 0 aromatic carbocycles. The van der Waals surface area contributed by atoms with Gasteiger partial charge in [0.15, 0.2) is 0 Å². The molecule has 0 aromatic heterocycles. The summed E-state index contributed by atoms with van der Waals surface area (Å²) in [7, 11) is 1.59. The highest BCUT2D eigenvalue weighted by molar-refractivity contribution is 6.28. The van der Waals surface area contributed by atoms with Crippen LogP contribution in [-0.4, -0.2) is 61.1 Å². The van der Waals surface area contributed by atoms with E-state index in [4.69, 9.17) is 30.5 Å². The maximum atomic E-state index is 11.8. The van der Waals surface area contributed by atoms with Crippen LogP contribution >= 0.6 is 11.6 Å². The number of hydrogen-bond acceptors (Lipinski definition) is 6. The summed E-state index contributed by atoms with van der Waals surface area (Å²) in [6.07, 6.45) is -0.123. The molecule has 1 spiro atoms. The third-order valence-corrected chi connectivity index (χ3v) is 5.56. The van der Waals surface area contributed by atoms with Gasteiger partial charge in [0.05, 0.1) is 24.2 Å². The Labute approximate surface area is 139 Å². The van der Waals surface area contributed by atoms with E-state index in [-0.39, 0.29) is 35.2 Å². The molecule has 2 heterocycles. The number of epoxide rings is 2. The fraction of sp³-hybridized carbons (Fsp3) is 0.867. The van der Waals surface area contributed by atoms with Gasteiger partial charge in [0.25, 0.3) is 0 Å². The first-order valence-corrected chi connectivity index (χ1v) is 8.31. The maximum absolute atomic E-state index is 11.8. The van der Waals surface area contributed by atoms with Crippen LogP contribution in [0, 0.1) is 5.92 Å². The zero-order valence-corrected chi connectivity index (χ0v) is 14.2. The Morgan fingerprint density at radius 2 is 2.09 bits per heavy atom. The molecule has 3 aliphatic rings. The SMILES string of the molecule is CO[C@@H]1[C@H](OC(=O)NC(=O)CCl)CC[C@]2(CO2)[C@H]1[C@@]1(C)O[C@@H]1C. The predicted molar refractivity (Wildman–Crippen MR) is 80.3 cm³/mol. The average Bonchev–Trinajstić information content (AvgIpc) is 3.40. The molecule has 1 N–H and O–H groups in total. The summed E-state index contributed by atoms with van der Waals surface area (Å²) in [5, 5.41) is 2.09. The number of amides is 2. The Bertz CT molecular complexity index is 508. The first-order chi connectivity index (χ1) is 10.9. The predicted octanol–water partition coefficient (Wildman–Crippen LogP) is 1.22. The van der Waals surface area contributed by atoms with Crippen molar-refractivity contribution in [3.8, 4) is 0 Å². The standard InChI is InChI=1S/C15H22ClNO6/c1-8-14(2,23-8)12-11(20-3)9(4-5-15(12)7-21-15)22-13(19)17-10(18)6-16/h8-9,11-12H,4-7H2,1-3H3,(H,17,18,19)/t8-,9-,11-,12-,14+,15+/m1/s1. The van der Waals surface area contributed by atoms with Crippen LogP contribution in [0.5, 0.6) is 0 Å². The number of alkyl halides is 1. The Kier molecular flexibility index (Phi) is 4.33. The molecule has 23 heavy (non-hydrogen) atoms. The number of ether oxygens (including phenoxy) is 4. The van der Waals surface area contributed by atoms with Gasteiger partial charge in [-0.05, 0) is 26.7 Å². The Morgan fingerprint density at radius 3 is 2.57 bits per heavy atom. The second kappa shape index (κ2) is 5.88. The Balaban J connectivity index is 1.72. The molecule has 130 valence electrons. The van der Waals surface area contributed by atoms with Crippen molar-refractivity contribution in [3.05, 3.63) is 0 Å². The number of alkyl carbamates (subject to hydrolysis) is 1. The zero-order valence-electron chi connectivity index (χ0n) is 13.5.